The average Bonchev–Trinajstić information content (AvgIpc) is 3.30. The summed E-state index contributed by atoms with van der Waals surface area (Å²) in [5.41, 5.74) is 4.61. The number of benzene rings is 1. The summed E-state index contributed by atoms with van der Waals surface area (Å²) in [5.74, 6) is -0.0611. The number of carbonyl (C=O) groups is 3. The molecule has 2 fully saturated rings. The Labute approximate surface area is 181 Å². The van der Waals surface area contributed by atoms with Crippen LogP contribution in [-0.4, -0.2) is 51.6 Å². The first-order chi connectivity index (χ1) is 15.0. The first kappa shape index (κ1) is 19.9. The molecule has 7 nitrogen and oxygen atoms in total. The Morgan fingerprint density at radius 1 is 1.13 bits per heavy atom. The van der Waals surface area contributed by atoms with Gasteiger partial charge in [-0.25, -0.2) is 0 Å². The van der Waals surface area contributed by atoms with Crippen molar-refractivity contribution in [1.82, 2.24) is 20.1 Å². The molecule has 3 aliphatic heterocycles. The van der Waals surface area contributed by atoms with Crippen molar-refractivity contribution >= 4 is 17.7 Å². The van der Waals surface area contributed by atoms with Crippen LogP contribution in [0.2, 0.25) is 0 Å². The van der Waals surface area contributed by atoms with Crippen molar-refractivity contribution in [1.29, 1.82) is 0 Å². The van der Waals surface area contributed by atoms with Crippen LogP contribution in [0.1, 0.15) is 47.7 Å². The third kappa shape index (κ3) is 3.85. The number of aromatic nitrogens is 1. The van der Waals surface area contributed by atoms with Crippen LogP contribution in [0.5, 0.6) is 0 Å². The number of pyridine rings is 1. The van der Waals surface area contributed by atoms with Crippen LogP contribution in [0.25, 0.3) is 11.3 Å². The molecule has 5 rings (SSSR count). The lowest BCUT2D eigenvalue weighted by Gasteiger charge is -2.29. The van der Waals surface area contributed by atoms with Crippen molar-refractivity contribution < 1.29 is 14.4 Å². The summed E-state index contributed by atoms with van der Waals surface area (Å²) in [6, 6.07) is 9.35. The molecule has 160 valence electrons. The van der Waals surface area contributed by atoms with Crippen molar-refractivity contribution in [2.75, 3.05) is 13.1 Å². The van der Waals surface area contributed by atoms with Crippen LogP contribution < -0.4 is 5.32 Å². The molecule has 0 bridgehead atoms. The Hall–Kier alpha value is -3.06. The minimum atomic E-state index is -0.592. The highest BCUT2D eigenvalue weighted by Gasteiger charge is 2.39. The zero-order valence-corrected chi connectivity index (χ0v) is 17.6. The van der Waals surface area contributed by atoms with Crippen LogP contribution in [0, 0.1) is 5.92 Å². The third-order valence-corrected chi connectivity index (χ3v) is 6.56. The van der Waals surface area contributed by atoms with E-state index in [1.807, 2.05) is 24.4 Å². The van der Waals surface area contributed by atoms with Gasteiger partial charge in [0.2, 0.25) is 11.8 Å². The fourth-order valence-corrected chi connectivity index (χ4v) is 4.89. The molecule has 0 spiro atoms. The molecule has 1 aromatic heterocycles. The molecular formula is C24H26N4O3. The number of amides is 3. The zero-order valence-electron chi connectivity index (χ0n) is 17.6. The van der Waals surface area contributed by atoms with E-state index in [9.17, 15) is 14.4 Å². The monoisotopic (exact) mass is 418 g/mol. The number of nitrogens with one attached hydrogen (secondary N) is 1. The van der Waals surface area contributed by atoms with E-state index >= 15 is 0 Å². The molecular weight excluding hydrogens is 392 g/mol. The molecule has 7 heteroatoms. The second kappa shape index (κ2) is 7.89. The summed E-state index contributed by atoms with van der Waals surface area (Å²) in [4.78, 5) is 45.2. The van der Waals surface area contributed by atoms with Crippen molar-refractivity contribution in [3.63, 3.8) is 0 Å². The average molecular weight is 418 g/mol. The minimum Gasteiger partial charge on any atom is -0.322 e. The lowest BCUT2D eigenvalue weighted by molar-refractivity contribution is -0.136. The third-order valence-electron chi connectivity index (χ3n) is 6.56. The first-order valence-electron chi connectivity index (χ1n) is 10.9. The fourth-order valence-electron chi connectivity index (χ4n) is 4.89. The maximum absolute atomic E-state index is 12.9. The van der Waals surface area contributed by atoms with Gasteiger partial charge in [-0.05, 0) is 60.7 Å². The topological polar surface area (TPSA) is 82.6 Å². The van der Waals surface area contributed by atoms with Gasteiger partial charge in [-0.1, -0.05) is 13.0 Å². The Balaban J connectivity index is 1.35. The van der Waals surface area contributed by atoms with E-state index in [0.29, 0.717) is 18.5 Å². The van der Waals surface area contributed by atoms with Crippen molar-refractivity contribution in [3.8, 4) is 11.3 Å². The molecule has 2 atom stereocenters. The number of carbonyl (C=O) groups excluding carboxylic acids is 3. The predicted octanol–water partition coefficient (Wildman–Crippen LogP) is 2.35. The largest absolute Gasteiger partial charge is 0.322 e. The van der Waals surface area contributed by atoms with Gasteiger partial charge in [0, 0.05) is 43.4 Å². The Bertz CT molecular complexity index is 1070. The Morgan fingerprint density at radius 2 is 2.00 bits per heavy atom. The predicted molar refractivity (Wildman–Crippen MR) is 115 cm³/mol. The van der Waals surface area contributed by atoms with E-state index in [4.69, 9.17) is 0 Å². The second-order valence-corrected chi connectivity index (χ2v) is 8.95. The van der Waals surface area contributed by atoms with Crippen LogP contribution in [-0.2, 0) is 22.7 Å². The van der Waals surface area contributed by atoms with Crippen LogP contribution >= 0.6 is 0 Å². The number of likely N-dealkylation sites (tertiary alicyclic amines) is 1. The van der Waals surface area contributed by atoms with E-state index in [0.717, 1.165) is 42.4 Å². The van der Waals surface area contributed by atoms with Crippen molar-refractivity contribution in [2.24, 2.45) is 5.92 Å². The molecule has 1 N–H and O–H groups in total. The lowest BCUT2D eigenvalue weighted by atomic mass is 10.0. The summed E-state index contributed by atoms with van der Waals surface area (Å²) in [6.07, 6.45) is 3.73. The highest BCUT2D eigenvalue weighted by molar-refractivity contribution is 6.05. The number of hydrogen-bond acceptors (Lipinski definition) is 5. The minimum absolute atomic E-state index is 0.152. The maximum atomic E-state index is 12.9. The highest BCUT2D eigenvalue weighted by atomic mass is 16.2. The highest BCUT2D eigenvalue weighted by Crippen LogP contribution is 2.31. The van der Waals surface area contributed by atoms with Gasteiger partial charge >= 0.3 is 0 Å². The second-order valence-electron chi connectivity index (χ2n) is 8.95. The summed E-state index contributed by atoms with van der Waals surface area (Å²) in [7, 11) is 0. The standard InChI is InChI=1S/C24H26N4O3/c1-15-7-9-27(12-15)13-16-6-8-25-20(10-16)17-2-3-19-18(11-17)14-28(24(19)31)21-4-5-22(29)26-23(21)30/h2-3,6,8,10-11,15,21H,4-5,7,9,12-14H2,1H3,(H,26,29,30). The lowest BCUT2D eigenvalue weighted by Crippen LogP contribution is -2.52. The smallest absolute Gasteiger partial charge is 0.255 e. The molecule has 2 aromatic rings. The molecule has 0 aliphatic carbocycles. The number of rotatable bonds is 4. The number of nitrogens with zero attached hydrogens (tertiary/aromatic N) is 3. The molecule has 0 radical (unpaired) electrons. The van der Waals surface area contributed by atoms with Gasteiger partial charge in [0.15, 0.2) is 0 Å². The van der Waals surface area contributed by atoms with Gasteiger partial charge in [0.25, 0.3) is 5.91 Å². The molecule has 2 saturated heterocycles. The van der Waals surface area contributed by atoms with Crippen LogP contribution in [0.15, 0.2) is 36.5 Å². The molecule has 31 heavy (non-hydrogen) atoms. The Kier molecular flexibility index (Phi) is 5.06. The number of piperidine rings is 1. The van der Waals surface area contributed by atoms with Crippen molar-refractivity contribution in [3.05, 3.63) is 53.2 Å². The van der Waals surface area contributed by atoms with Gasteiger partial charge in [-0.15, -0.1) is 0 Å². The molecule has 2 unspecified atom stereocenters. The van der Waals surface area contributed by atoms with Gasteiger partial charge in [-0.3, -0.25) is 29.6 Å². The summed E-state index contributed by atoms with van der Waals surface area (Å²) >= 11 is 0. The number of imide groups is 1. The maximum Gasteiger partial charge on any atom is 0.255 e. The van der Waals surface area contributed by atoms with Gasteiger partial charge in [0.1, 0.15) is 6.04 Å². The summed E-state index contributed by atoms with van der Waals surface area (Å²) in [5, 5.41) is 2.34. The number of hydrogen-bond donors (Lipinski definition) is 1. The summed E-state index contributed by atoms with van der Waals surface area (Å²) < 4.78 is 0. The van der Waals surface area contributed by atoms with Gasteiger partial charge in [0.05, 0.1) is 5.69 Å². The van der Waals surface area contributed by atoms with E-state index in [1.54, 1.807) is 4.90 Å². The zero-order chi connectivity index (χ0) is 21.5. The molecule has 3 amide bonds. The fraction of sp³-hybridized carbons (Fsp3) is 0.417. The Morgan fingerprint density at radius 3 is 2.77 bits per heavy atom. The van der Waals surface area contributed by atoms with E-state index in [2.05, 4.69) is 34.3 Å². The van der Waals surface area contributed by atoms with Crippen LogP contribution in [0.4, 0.5) is 0 Å². The summed E-state index contributed by atoms with van der Waals surface area (Å²) in [6.45, 7) is 5.86. The van der Waals surface area contributed by atoms with Gasteiger partial charge < -0.3 is 4.90 Å². The molecule has 0 saturated carbocycles. The SMILES string of the molecule is CC1CCN(Cc2ccnc(-c3ccc4c(c3)CN(C3CCC(=O)NC3=O)C4=O)c2)C1. The van der Waals surface area contributed by atoms with E-state index < -0.39 is 6.04 Å². The normalized spacial score (nSPS) is 23.9. The molecule has 3 aliphatic rings. The molecule has 1 aromatic carbocycles. The van der Waals surface area contributed by atoms with Crippen LogP contribution in [0.3, 0.4) is 0 Å². The van der Waals surface area contributed by atoms with E-state index in [-0.39, 0.29) is 24.1 Å². The quantitative estimate of drug-likeness (QED) is 0.771. The number of fused-ring (bicyclic) bond motifs is 1. The van der Waals surface area contributed by atoms with E-state index in [1.165, 1.54) is 12.0 Å². The first-order valence-corrected chi connectivity index (χ1v) is 10.9. The van der Waals surface area contributed by atoms with Gasteiger partial charge in [-0.2, -0.15) is 0 Å². The molecule has 4 heterocycles. The van der Waals surface area contributed by atoms with Crippen molar-refractivity contribution in [2.45, 2.75) is 45.3 Å².